The standard InChI is InChI=1S/C14H14N2S/c1-3-9(2)12-13-14(17-8-15-13)10-6-4-5-7-11(10)16-12/h4-9H,3H2,1-2H3. The summed E-state index contributed by atoms with van der Waals surface area (Å²) in [6.07, 6.45) is 1.10. The van der Waals surface area contributed by atoms with E-state index >= 15 is 0 Å². The van der Waals surface area contributed by atoms with Crippen molar-refractivity contribution in [2.75, 3.05) is 0 Å². The van der Waals surface area contributed by atoms with Crippen molar-refractivity contribution in [2.24, 2.45) is 0 Å². The first-order chi connectivity index (χ1) is 8.31. The van der Waals surface area contributed by atoms with E-state index in [0.717, 1.165) is 23.1 Å². The van der Waals surface area contributed by atoms with Crippen molar-refractivity contribution >= 4 is 32.5 Å². The monoisotopic (exact) mass is 242 g/mol. The van der Waals surface area contributed by atoms with Gasteiger partial charge in [-0.25, -0.2) is 4.98 Å². The quantitative estimate of drug-likeness (QED) is 0.667. The van der Waals surface area contributed by atoms with E-state index in [1.54, 1.807) is 11.3 Å². The zero-order chi connectivity index (χ0) is 11.8. The predicted molar refractivity (Wildman–Crippen MR) is 73.6 cm³/mol. The first kappa shape index (κ1) is 10.7. The predicted octanol–water partition coefficient (Wildman–Crippen LogP) is 4.36. The molecule has 86 valence electrons. The Bertz CT molecular complexity index is 672. The molecule has 3 aromatic rings. The van der Waals surface area contributed by atoms with Crippen molar-refractivity contribution < 1.29 is 0 Å². The van der Waals surface area contributed by atoms with Crippen LogP contribution in [-0.4, -0.2) is 9.97 Å². The van der Waals surface area contributed by atoms with Crippen LogP contribution in [0.1, 0.15) is 31.9 Å². The number of hydrogen-bond donors (Lipinski definition) is 0. The highest BCUT2D eigenvalue weighted by Crippen LogP contribution is 2.32. The summed E-state index contributed by atoms with van der Waals surface area (Å²) in [5.41, 5.74) is 5.23. The molecule has 3 heteroatoms. The van der Waals surface area contributed by atoms with Crippen LogP contribution >= 0.6 is 11.3 Å². The second-order valence-electron chi connectivity index (χ2n) is 4.35. The molecule has 1 unspecified atom stereocenters. The van der Waals surface area contributed by atoms with Crippen LogP contribution in [0.25, 0.3) is 21.1 Å². The Hall–Kier alpha value is -1.48. The van der Waals surface area contributed by atoms with Crippen LogP contribution in [0, 0.1) is 0 Å². The minimum Gasteiger partial charge on any atom is -0.250 e. The molecular weight excluding hydrogens is 228 g/mol. The molecule has 0 spiro atoms. The average Bonchev–Trinajstić information content (AvgIpc) is 2.86. The van der Waals surface area contributed by atoms with Gasteiger partial charge in [-0.05, 0) is 12.5 Å². The Labute approximate surface area is 104 Å². The van der Waals surface area contributed by atoms with Gasteiger partial charge in [-0.15, -0.1) is 11.3 Å². The smallest absolute Gasteiger partial charge is 0.104 e. The molecule has 2 aromatic heterocycles. The summed E-state index contributed by atoms with van der Waals surface area (Å²) in [5.74, 6) is 0.462. The topological polar surface area (TPSA) is 25.8 Å². The minimum absolute atomic E-state index is 0.462. The molecule has 0 aliphatic rings. The highest BCUT2D eigenvalue weighted by atomic mass is 32.1. The van der Waals surface area contributed by atoms with Crippen molar-refractivity contribution in [2.45, 2.75) is 26.2 Å². The van der Waals surface area contributed by atoms with Crippen LogP contribution in [0.2, 0.25) is 0 Å². The molecule has 0 saturated carbocycles. The van der Waals surface area contributed by atoms with E-state index in [1.807, 2.05) is 11.6 Å². The zero-order valence-corrected chi connectivity index (χ0v) is 10.8. The van der Waals surface area contributed by atoms with Gasteiger partial charge in [0.2, 0.25) is 0 Å². The molecule has 0 aliphatic heterocycles. The van der Waals surface area contributed by atoms with E-state index in [4.69, 9.17) is 4.98 Å². The summed E-state index contributed by atoms with van der Waals surface area (Å²) >= 11 is 1.71. The summed E-state index contributed by atoms with van der Waals surface area (Å²) in [6.45, 7) is 4.41. The number of benzene rings is 1. The van der Waals surface area contributed by atoms with Crippen molar-refractivity contribution in [3.05, 3.63) is 35.5 Å². The molecule has 3 rings (SSSR count). The molecule has 0 aliphatic carbocycles. The lowest BCUT2D eigenvalue weighted by atomic mass is 10.0. The third kappa shape index (κ3) is 1.62. The van der Waals surface area contributed by atoms with Gasteiger partial charge in [0.1, 0.15) is 5.52 Å². The molecule has 0 N–H and O–H groups in total. The maximum Gasteiger partial charge on any atom is 0.104 e. The summed E-state index contributed by atoms with van der Waals surface area (Å²) in [6, 6.07) is 8.32. The lowest BCUT2D eigenvalue weighted by molar-refractivity contribution is 0.717. The highest BCUT2D eigenvalue weighted by Gasteiger charge is 2.14. The van der Waals surface area contributed by atoms with Crippen LogP contribution in [0.4, 0.5) is 0 Å². The van der Waals surface area contributed by atoms with Gasteiger partial charge in [0.05, 0.1) is 21.4 Å². The largest absolute Gasteiger partial charge is 0.250 e. The number of thiazole rings is 1. The van der Waals surface area contributed by atoms with Crippen molar-refractivity contribution in [3.8, 4) is 0 Å². The van der Waals surface area contributed by atoms with Gasteiger partial charge < -0.3 is 0 Å². The molecule has 0 saturated heterocycles. The maximum absolute atomic E-state index is 4.79. The average molecular weight is 242 g/mol. The summed E-state index contributed by atoms with van der Waals surface area (Å²) in [4.78, 5) is 9.28. The Kier molecular flexibility index (Phi) is 2.56. The SMILES string of the molecule is CCC(C)c1nc2ccccc2c2scnc12. The minimum atomic E-state index is 0.462. The van der Waals surface area contributed by atoms with Gasteiger partial charge in [0, 0.05) is 11.3 Å². The number of para-hydroxylation sites is 1. The van der Waals surface area contributed by atoms with Gasteiger partial charge in [-0.1, -0.05) is 32.0 Å². The van der Waals surface area contributed by atoms with E-state index in [0.29, 0.717) is 5.92 Å². The number of hydrogen-bond acceptors (Lipinski definition) is 3. The van der Waals surface area contributed by atoms with Crippen LogP contribution in [0.5, 0.6) is 0 Å². The number of fused-ring (bicyclic) bond motifs is 3. The van der Waals surface area contributed by atoms with Crippen molar-refractivity contribution in [1.82, 2.24) is 9.97 Å². The first-order valence-electron chi connectivity index (χ1n) is 5.93. The van der Waals surface area contributed by atoms with Crippen LogP contribution in [0.15, 0.2) is 29.8 Å². The van der Waals surface area contributed by atoms with Crippen LogP contribution in [-0.2, 0) is 0 Å². The molecule has 2 nitrogen and oxygen atoms in total. The molecule has 0 radical (unpaired) electrons. The van der Waals surface area contributed by atoms with E-state index in [2.05, 4.69) is 37.0 Å². The van der Waals surface area contributed by atoms with E-state index in [9.17, 15) is 0 Å². The first-order valence-corrected chi connectivity index (χ1v) is 6.81. The third-order valence-electron chi connectivity index (χ3n) is 3.28. The molecule has 17 heavy (non-hydrogen) atoms. The second-order valence-corrected chi connectivity index (χ2v) is 5.21. The number of aromatic nitrogens is 2. The maximum atomic E-state index is 4.79. The second kappa shape index (κ2) is 4.08. The Morgan fingerprint density at radius 1 is 1.29 bits per heavy atom. The fraction of sp³-hybridized carbons (Fsp3) is 0.286. The summed E-state index contributed by atoms with van der Waals surface area (Å²) in [7, 11) is 0. The van der Waals surface area contributed by atoms with Gasteiger partial charge in [0.15, 0.2) is 0 Å². The molecule has 0 amide bonds. The molecular formula is C14H14N2S. The fourth-order valence-electron chi connectivity index (χ4n) is 2.10. The lowest BCUT2D eigenvalue weighted by Crippen LogP contribution is -1.97. The number of nitrogens with zero attached hydrogens (tertiary/aromatic N) is 2. The lowest BCUT2D eigenvalue weighted by Gasteiger charge is -2.10. The van der Waals surface area contributed by atoms with E-state index in [1.165, 1.54) is 10.1 Å². The van der Waals surface area contributed by atoms with Gasteiger partial charge in [-0.3, -0.25) is 4.98 Å². The highest BCUT2D eigenvalue weighted by molar-refractivity contribution is 7.17. The van der Waals surface area contributed by atoms with E-state index < -0.39 is 0 Å². The zero-order valence-electron chi connectivity index (χ0n) is 9.97. The molecule has 1 aromatic carbocycles. The van der Waals surface area contributed by atoms with E-state index in [-0.39, 0.29) is 0 Å². The molecule has 1 atom stereocenters. The summed E-state index contributed by atoms with van der Waals surface area (Å²) < 4.78 is 1.27. The van der Waals surface area contributed by atoms with Gasteiger partial charge in [0.25, 0.3) is 0 Å². The molecule has 0 bridgehead atoms. The Morgan fingerprint density at radius 3 is 2.94 bits per heavy atom. The number of rotatable bonds is 2. The van der Waals surface area contributed by atoms with Gasteiger partial charge >= 0.3 is 0 Å². The number of pyridine rings is 1. The van der Waals surface area contributed by atoms with Gasteiger partial charge in [-0.2, -0.15) is 0 Å². The third-order valence-corrected chi connectivity index (χ3v) is 4.14. The fourth-order valence-corrected chi connectivity index (χ4v) is 2.93. The van der Waals surface area contributed by atoms with Crippen LogP contribution < -0.4 is 0 Å². The normalized spacial score (nSPS) is 13.3. The molecule has 2 heterocycles. The van der Waals surface area contributed by atoms with Crippen molar-refractivity contribution in [1.29, 1.82) is 0 Å². The summed E-state index contributed by atoms with van der Waals surface area (Å²) in [5, 5.41) is 1.22. The Morgan fingerprint density at radius 2 is 2.12 bits per heavy atom. The van der Waals surface area contributed by atoms with Crippen molar-refractivity contribution in [3.63, 3.8) is 0 Å². The Balaban J connectivity index is 2.43. The van der Waals surface area contributed by atoms with Crippen LogP contribution in [0.3, 0.4) is 0 Å². The molecule has 0 fully saturated rings.